The average molecular weight is 378 g/mol. The van der Waals surface area contributed by atoms with Crippen LogP contribution in [0.2, 0.25) is 0 Å². The van der Waals surface area contributed by atoms with E-state index in [1.165, 1.54) is 0 Å². The molecule has 4 aromatic carbocycles. The van der Waals surface area contributed by atoms with Gasteiger partial charge in [0.25, 0.3) is 0 Å². The summed E-state index contributed by atoms with van der Waals surface area (Å²) >= 11 is 0. The zero-order chi connectivity index (χ0) is 19.2. The summed E-state index contributed by atoms with van der Waals surface area (Å²) in [4.78, 5) is 19.0. The van der Waals surface area contributed by atoms with Gasteiger partial charge in [-0.05, 0) is 58.1 Å². The molecule has 0 aromatic heterocycles. The summed E-state index contributed by atoms with van der Waals surface area (Å²) in [5, 5.41) is 3.96. The van der Waals surface area contributed by atoms with Crippen molar-refractivity contribution in [3.05, 3.63) is 77.9 Å². The van der Waals surface area contributed by atoms with Gasteiger partial charge in [0, 0.05) is 5.56 Å². The summed E-state index contributed by atoms with van der Waals surface area (Å²) in [6.45, 7) is 3.82. The Labute approximate surface area is 157 Å². The maximum atomic E-state index is 11.7. The number of rotatable bonds is 3. The number of hydrogen-bond donors (Lipinski definition) is 2. The average Bonchev–Trinajstić information content (AvgIpc) is 2.60. The lowest BCUT2D eigenvalue weighted by atomic mass is 9.90. The highest BCUT2D eigenvalue weighted by Gasteiger charge is 2.24. The molecule has 27 heavy (non-hydrogen) atoms. The number of aryl methyl sites for hydroxylation is 2. The van der Waals surface area contributed by atoms with Gasteiger partial charge in [-0.1, -0.05) is 60.7 Å². The number of phosphoric acid groups is 1. The van der Waals surface area contributed by atoms with Crippen LogP contribution in [0, 0.1) is 13.8 Å². The van der Waals surface area contributed by atoms with Gasteiger partial charge in [0.1, 0.15) is 5.75 Å². The van der Waals surface area contributed by atoms with Gasteiger partial charge in [0.15, 0.2) is 0 Å². The van der Waals surface area contributed by atoms with Gasteiger partial charge in [-0.25, -0.2) is 4.57 Å². The lowest BCUT2D eigenvalue weighted by Crippen LogP contribution is -1.97. The summed E-state index contributed by atoms with van der Waals surface area (Å²) in [7, 11) is -4.71. The normalized spacial score (nSPS) is 11.9. The van der Waals surface area contributed by atoms with Crippen molar-refractivity contribution in [1.82, 2.24) is 0 Å². The molecule has 0 fully saturated rings. The Hall–Kier alpha value is -2.65. The first kappa shape index (κ1) is 17.7. The Bertz CT molecular complexity index is 1220. The molecule has 4 nitrogen and oxygen atoms in total. The van der Waals surface area contributed by atoms with Crippen molar-refractivity contribution in [3.63, 3.8) is 0 Å². The molecule has 0 spiro atoms. The molecule has 0 heterocycles. The Morgan fingerprint density at radius 1 is 0.815 bits per heavy atom. The van der Waals surface area contributed by atoms with E-state index < -0.39 is 7.82 Å². The smallest absolute Gasteiger partial charge is 0.403 e. The second kappa shape index (κ2) is 6.50. The van der Waals surface area contributed by atoms with Crippen LogP contribution in [0.25, 0.3) is 32.7 Å². The third kappa shape index (κ3) is 3.35. The molecule has 0 unspecified atom stereocenters. The van der Waals surface area contributed by atoms with Crippen molar-refractivity contribution in [2.24, 2.45) is 0 Å². The van der Waals surface area contributed by atoms with Crippen molar-refractivity contribution in [2.75, 3.05) is 0 Å². The molecule has 0 saturated carbocycles. The molecule has 136 valence electrons. The second-order valence-corrected chi connectivity index (χ2v) is 7.90. The third-order valence-electron chi connectivity index (χ3n) is 4.67. The summed E-state index contributed by atoms with van der Waals surface area (Å²) in [5.41, 5.74) is 3.34. The summed E-state index contributed by atoms with van der Waals surface area (Å²) in [6.07, 6.45) is 0. The highest BCUT2D eigenvalue weighted by Crippen LogP contribution is 2.48. The Balaban J connectivity index is 2.18. The minimum atomic E-state index is -4.71. The van der Waals surface area contributed by atoms with Gasteiger partial charge >= 0.3 is 7.82 Å². The molecule has 0 bridgehead atoms. The SMILES string of the molecule is Cc1cc(-c2c(OP(=O)(O)O)c(C)cc3ccccc23)c2ccccc2c1. The Kier molecular flexibility index (Phi) is 4.27. The summed E-state index contributed by atoms with van der Waals surface area (Å²) in [5.74, 6) is 0.220. The van der Waals surface area contributed by atoms with Gasteiger partial charge in [-0.3, -0.25) is 9.79 Å². The van der Waals surface area contributed by atoms with Gasteiger partial charge in [-0.15, -0.1) is 0 Å². The number of phosphoric ester groups is 1. The van der Waals surface area contributed by atoms with Crippen molar-refractivity contribution in [3.8, 4) is 16.9 Å². The van der Waals surface area contributed by atoms with Gasteiger partial charge in [-0.2, -0.15) is 0 Å². The van der Waals surface area contributed by atoms with E-state index in [4.69, 9.17) is 4.52 Å². The van der Waals surface area contributed by atoms with Crippen molar-refractivity contribution in [1.29, 1.82) is 0 Å². The fraction of sp³-hybridized carbons (Fsp3) is 0.0909. The van der Waals surface area contributed by atoms with Crippen LogP contribution < -0.4 is 4.52 Å². The molecule has 4 aromatic rings. The lowest BCUT2D eigenvalue weighted by Gasteiger charge is -2.19. The highest BCUT2D eigenvalue weighted by molar-refractivity contribution is 7.46. The molecule has 0 aliphatic rings. The predicted octanol–water partition coefficient (Wildman–Crippen LogP) is 5.75. The fourth-order valence-corrected chi connectivity index (χ4v) is 4.11. The van der Waals surface area contributed by atoms with E-state index in [2.05, 4.69) is 6.07 Å². The molecular formula is C22H19O4P. The molecule has 2 N–H and O–H groups in total. The minimum Gasteiger partial charge on any atom is -0.403 e. The van der Waals surface area contributed by atoms with E-state index in [1.54, 1.807) is 6.92 Å². The van der Waals surface area contributed by atoms with Crippen LogP contribution >= 0.6 is 7.82 Å². The van der Waals surface area contributed by atoms with Crippen LogP contribution in [0.4, 0.5) is 0 Å². The third-order valence-corrected chi connectivity index (χ3v) is 5.09. The second-order valence-electron chi connectivity index (χ2n) is 6.73. The molecule has 5 heteroatoms. The monoisotopic (exact) mass is 378 g/mol. The summed E-state index contributed by atoms with van der Waals surface area (Å²) in [6, 6.07) is 21.8. The number of benzene rings is 4. The maximum Gasteiger partial charge on any atom is 0.524 e. The van der Waals surface area contributed by atoms with Gasteiger partial charge in [0.2, 0.25) is 0 Å². The lowest BCUT2D eigenvalue weighted by molar-refractivity contribution is 0.283. The van der Waals surface area contributed by atoms with Crippen LogP contribution in [-0.2, 0) is 4.57 Å². The van der Waals surface area contributed by atoms with Crippen molar-refractivity contribution >= 4 is 29.4 Å². The standard InChI is InChI=1S/C22H19O4P/c1-14-11-16-7-3-5-9-18(16)20(12-14)21-19-10-6-4-8-17(19)13-15(2)22(21)26-27(23,24)25/h3-13H,1-2H3,(H2,23,24,25). The quantitative estimate of drug-likeness (QED) is 0.446. The molecule has 0 radical (unpaired) electrons. The minimum absolute atomic E-state index is 0.220. The largest absolute Gasteiger partial charge is 0.524 e. The van der Waals surface area contributed by atoms with E-state index in [1.807, 2.05) is 67.6 Å². The van der Waals surface area contributed by atoms with E-state index in [-0.39, 0.29) is 5.75 Å². The first-order valence-electron chi connectivity index (χ1n) is 8.61. The molecule has 0 amide bonds. The van der Waals surface area contributed by atoms with E-state index in [9.17, 15) is 14.4 Å². The van der Waals surface area contributed by atoms with Crippen LogP contribution in [-0.4, -0.2) is 9.79 Å². The summed E-state index contributed by atoms with van der Waals surface area (Å²) < 4.78 is 16.9. The van der Waals surface area contributed by atoms with E-state index in [0.717, 1.165) is 32.7 Å². The maximum absolute atomic E-state index is 11.7. The Morgan fingerprint density at radius 3 is 2.07 bits per heavy atom. The first-order chi connectivity index (χ1) is 12.8. The molecule has 0 atom stereocenters. The predicted molar refractivity (Wildman–Crippen MR) is 109 cm³/mol. The zero-order valence-electron chi connectivity index (χ0n) is 15.0. The van der Waals surface area contributed by atoms with Crippen LogP contribution in [0.3, 0.4) is 0 Å². The molecule has 0 aliphatic carbocycles. The molecule has 0 saturated heterocycles. The molecular weight excluding hydrogens is 359 g/mol. The van der Waals surface area contributed by atoms with E-state index >= 15 is 0 Å². The Morgan fingerprint density at radius 2 is 1.41 bits per heavy atom. The highest BCUT2D eigenvalue weighted by atomic mass is 31.2. The molecule has 0 aliphatic heterocycles. The van der Waals surface area contributed by atoms with Crippen molar-refractivity contribution in [2.45, 2.75) is 13.8 Å². The van der Waals surface area contributed by atoms with E-state index in [0.29, 0.717) is 11.1 Å². The van der Waals surface area contributed by atoms with Gasteiger partial charge in [0.05, 0.1) is 0 Å². The van der Waals surface area contributed by atoms with Crippen molar-refractivity contribution < 1.29 is 18.9 Å². The first-order valence-corrected chi connectivity index (χ1v) is 10.1. The van der Waals surface area contributed by atoms with Crippen LogP contribution in [0.1, 0.15) is 11.1 Å². The fourth-order valence-electron chi connectivity index (χ4n) is 3.64. The van der Waals surface area contributed by atoms with Crippen LogP contribution in [0.5, 0.6) is 5.75 Å². The number of fused-ring (bicyclic) bond motifs is 2. The topological polar surface area (TPSA) is 66.8 Å². The molecule has 4 rings (SSSR count). The number of hydrogen-bond acceptors (Lipinski definition) is 2. The van der Waals surface area contributed by atoms with Crippen LogP contribution in [0.15, 0.2) is 66.7 Å². The zero-order valence-corrected chi connectivity index (χ0v) is 15.9. The van der Waals surface area contributed by atoms with Gasteiger partial charge < -0.3 is 4.52 Å².